The average molecular weight is 267 g/mol. The van der Waals surface area contributed by atoms with Crippen molar-refractivity contribution in [3.05, 3.63) is 59.4 Å². The first-order chi connectivity index (χ1) is 9.74. The number of nitriles is 1. The number of rotatable bonds is 4. The number of ether oxygens (including phenoxy) is 1. The second-order valence-corrected chi connectivity index (χ2v) is 4.13. The summed E-state index contributed by atoms with van der Waals surface area (Å²) in [6.07, 6.45) is 1.57. The Morgan fingerprint density at radius 1 is 1.40 bits per heavy atom. The molecule has 0 saturated heterocycles. The van der Waals surface area contributed by atoms with Crippen LogP contribution in [0.1, 0.15) is 23.7 Å². The van der Waals surface area contributed by atoms with E-state index < -0.39 is 0 Å². The van der Waals surface area contributed by atoms with Gasteiger partial charge in [-0.3, -0.25) is 0 Å². The van der Waals surface area contributed by atoms with Crippen molar-refractivity contribution in [2.75, 3.05) is 0 Å². The van der Waals surface area contributed by atoms with Gasteiger partial charge in [0, 0.05) is 11.8 Å². The molecule has 5 heteroatoms. The van der Waals surface area contributed by atoms with E-state index in [1.165, 1.54) is 0 Å². The number of hydrogen-bond acceptors (Lipinski definition) is 5. The van der Waals surface area contributed by atoms with E-state index in [0.717, 1.165) is 11.1 Å². The van der Waals surface area contributed by atoms with Crippen molar-refractivity contribution < 1.29 is 9.94 Å². The molecular formula is C15H13N3O2. The molecule has 0 aliphatic heterocycles. The molecule has 1 aromatic carbocycles. The number of pyridine rings is 1. The molecule has 0 fully saturated rings. The van der Waals surface area contributed by atoms with Crippen molar-refractivity contribution in [3.63, 3.8) is 0 Å². The molecule has 0 saturated carbocycles. The van der Waals surface area contributed by atoms with E-state index in [2.05, 4.69) is 10.1 Å². The zero-order valence-corrected chi connectivity index (χ0v) is 10.9. The van der Waals surface area contributed by atoms with Crippen molar-refractivity contribution in [1.29, 1.82) is 5.26 Å². The molecule has 0 atom stereocenters. The number of oxime groups is 1. The summed E-state index contributed by atoms with van der Waals surface area (Å²) < 4.78 is 5.72. The lowest BCUT2D eigenvalue weighted by atomic mass is 10.1. The van der Waals surface area contributed by atoms with Crippen LogP contribution < -0.4 is 4.74 Å². The minimum atomic E-state index is 0.312. The predicted octanol–water partition coefficient (Wildman–Crippen LogP) is 2.73. The molecule has 1 N–H and O–H groups in total. The molecule has 0 spiro atoms. The summed E-state index contributed by atoms with van der Waals surface area (Å²) in [5.41, 5.74) is 2.41. The zero-order valence-electron chi connectivity index (χ0n) is 10.9. The van der Waals surface area contributed by atoms with Gasteiger partial charge < -0.3 is 9.94 Å². The van der Waals surface area contributed by atoms with Gasteiger partial charge in [-0.2, -0.15) is 5.26 Å². The fourth-order valence-electron chi connectivity index (χ4n) is 1.73. The Labute approximate surface area is 116 Å². The van der Waals surface area contributed by atoms with Gasteiger partial charge in [-0.1, -0.05) is 17.3 Å². The van der Waals surface area contributed by atoms with Gasteiger partial charge in [0.2, 0.25) is 0 Å². The summed E-state index contributed by atoms with van der Waals surface area (Å²) in [7, 11) is 0. The molecular weight excluding hydrogens is 254 g/mol. The molecule has 5 nitrogen and oxygen atoms in total. The Balaban J connectivity index is 2.17. The summed E-state index contributed by atoms with van der Waals surface area (Å²) in [6, 6.07) is 12.8. The van der Waals surface area contributed by atoms with E-state index in [1.54, 1.807) is 31.3 Å². The Morgan fingerprint density at radius 2 is 2.20 bits per heavy atom. The lowest BCUT2D eigenvalue weighted by Gasteiger charge is -2.10. The topological polar surface area (TPSA) is 78.5 Å². The van der Waals surface area contributed by atoms with E-state index in [0.29, 0.717) is 23.8 Å². The van der Waals surface area contributed by atoms with Crippen molar-refractivity contribution in [2.45, 2.75) is 13.5 Å². The van der Waals surface area contributed by atoms with Crippen LogP contribution in [0.25, 0.3) is 0 Å². The lowest BCUT2D eigenvalue weighted by Crippen LogP contribution is -2.02. The van der Waals surface area contributed by atoms with Crippen LogP contribution >= 0.6 is 0 Å². The summed E-state index contributed by atoms with van der Waals surface area (Å²) in [6.45, 7) is 2.01. The van der Waals surface area contributed by atoms with Gasteiger partial charge in [0.1, 0.15) is 24.1 Å². The number of benzene rings is 1. The van der Waals surface area contributed by atoms with Crippen LogP contribution in [0, 0.1) is 11.3 Å². The van der Waals surface area contributed by atoms with Crippen LogP contribution in [0.3, 0.4) is 0 Å². The van der Waals surface area contributed by atoms with Gasteiger partial charge in [0.15, 0.2) is 0 Å². The molecule has 1 aromatic heterocycles. The Kier molecular flexibility index (Phi) is 4.30. The fourth-order valence-corrected chi connectivity index (χ4v) is 1.73. The molecule has 2 aromatic rings. The Hall–Kier alpha value is -2.87. The number of para-hydroxylation sites is 1. The minimum Gasteiger partial charge on any atom is -0.488 e. The fraction of sp³-hybridized carbons (Fsp3) is 0.133. The average Bonchev–Trinajstić information content (AvgIpc) is 2.52. The minimum absolute atomic E-state index is 0.312. The SMILES string of the molecule is CC(=NO)c1ccccc1OCc1ccnc(C#N)c1. The van der Waals surface area contributed by atoms with Crippen LogP contribution in [0.5, 0.6) is 5.75 Å². The lowest BCUT2D eigenvalue weighted by molar-refractivity contribution is 0.303. The molecule has 0 unspecified atom stereocenters. The van der Waals surface area contributed by atoms with Gasteiger partial charge in [-0.05, 0) is 36.8 Å². The van der Waals surface area contributed by atoms with Gasteiger partial charge in [0.05, 0.1) is 5.71 Å². The maximum atomic E-state index is 8.85. The molecule has 20 heavy (non-hydrogen) atoms. The standard InChI is InChI=1S/C15H13N3O2/c1-11(18-19)14-4-2-3-5-15(14)20-10-12-6-7-17-13(8-12)9-16/h2-8,19H,10H2,1H3. The van der Waals surface area contributed by atoms with E-state index in [-0.39, 0.29) is 0 Å². The molecule has 100 valence electrons. The Bertz CT molecular complexity index is 675. The first-order valence-electron chi connectivity index (χ1n) is 6.00. The summed E-state index contributed by atoms with van der Waals surface area (Å²) >= 11 is 0. The van der Waals surface area contributed by atoms with Crippen LogP contribution in [0.15, 0.2) is 47.8 Å². The van der Waals surface area contributed by atoms with Gasteiger partial charge in [-0.25, -0.2) is 4.98 Å². The molecule has 0 aliphatic rings. The smallest absolute Gasteiger partial charge is 0.140 e. The summed E-state index contributed by atoms with van der Waals surface area (Å²) in [4.78, 5) is 3.90. The molecule has 0 amide bonds. The first kappa shape index (κ1) is 13.6. The number of hydrogen-bond donors (Lipinski definition) is 1. The number of nitrogens with zero attached hydrogens (tertiary/aromatic N) is 3. The van der Waals surface area contributed by atoms with Gasteiger partial charge >= 0.3 is 0 Å². The van der Waals surface area contributed by atoms with E-state index in [1.807, 2.05) is 24.3 Å². The van der Waals surface area contributed by atoms with Crippen LogP contribution in [0.4, 0.5) is 0 Å². The van der Waals surface area contributed by atoms with Crippen LogP contribution in [-0.4, -0.2) is 15.9 Å². The molecule has 2 rings (SSSR count). The molecule has 0 bridgehead atoms. The molecule has 0 aliphatic carbocycles. The highest BCUT2D eigenvalue weighted by molar-refractivity contribution is 6.00. The number of aromatic nitrogens is 1. The third-order valence-corrected chi connectivity index (χ3v) is 2.76. The predicted molar refractivity (Wildman–Crippen MR) is 73.7 cm³/mol. The van der Waals surface area contributed by atoms with E-state index in [9.17, 15) is 0 Å². The maximum Gasteiger partial charge on any atom is 0.140 e. The van der Waals surface area contributed by atoms with E-state index >= 15 is 0 Å². The third-order valence-electron chi connectivity index (χ3n) is 2.76. The van der Waals surface area contributed by atoms with E-state index in [4.69, 9.17) is 15.2 Å². The maximum absolute atomic E-state index is 8.85. The summed E-state index contributed by atoms with van der Waals surface area (Å²) in [5.74, 6) is 0.623. The molecule has 1 heterocycles. The second kappa shape index (κ2) is 6.34. The Morgan fingerprint density at radius 3 is 2.95 bits per heavy atom. The first-order valence-corrected chi connectivity index (χ1v) is 6.00. The highest BCUT2D eigenvalue weighted by Crippen LogP contribution is 2.20. The highest BCUT2D eigenvalue weighted by Gasteiger charge is 2.07. The van der Waals surface area contributed by atoms with Crippen molar-refractivity contribution >= 4 is 5.71 Å². The summed E-state index contributed by atoms with van der Waals surface area (Å²) in [5, 5.41) is 20.8. The van der Waals surface area contributed by atoms with Gasteiger partial charge in [-0.15, -0.1) is 0 Å². The van der Waals surface area contributed by atoms with Crippen molar-refractivity contribution in [3.8, 4) is 11.8 Å². The van der Waals surface area contributed by atoms with Crippen LogP contribution in [-0.2, 0) is 6.61 Å². The molecule has 0 radical (unpaired) electrons. The van der Waals surface area contributed by atoms with Crippen molar-refractivity contribution in [1.82, 2.24) is 4.98 Å². The monoisotopic (exact) mass is 267 g/mol. The second-order valence-electron chi connectivity index (χ2n) is 4.13. The largest absolute Gasteiger partial charge is 0.488 e. The van der Waals surface area contributed by atoms with Crippen molar-refractivity contribution in [2.24, 2.45) is 5.16 Å². The quantitative estimate of drug-likeness (QED) is 0.525. The van der Waals surface area contributed by atoms with Crippen LogP contribution in [0.2, 0.25) is 0 Å². The zero-order chi connectivity index (χ0) is 14.4. The highest BCUT2D eigenvalue weighted by atomic mass is 16.5. The normalized spacial score (nSPS) is 10.9. The van der Waals surface area contributed by atoms with Gasteiger partial charge in [0.25, 0.3) is 0 Å². The third kappa shape index (κ3) is 3.12.